The van der Waals surface area contributed by atoms with Gasteiger partial charge in [-0.05, 0) is 50.6 Å². The number of urea groups is 1. The normalized spacial score (nSPS) is 24.3. The SMILES string of the molecule is Cc1cc(COc2ccc(C3(C)CC(C4(C)NC(=O)NC4=O)=NO3)cc2)c2ccccc2n1. The number of hydrogen-bond donors (Lipinski definition) is 2. The highest BCUT2D eigenvalue weighted by Crippen LogP contribution is 2.38. The summed E-state index contributed by atoms with van der Waals surface area (Å²) in [6.45, 7) is 5.94. The van der Waals surface area contributed by atoms with Crippen molar-refractivity contribution in [3.63, 3.8) is 0 Å². The van der Waals surface area contributed by atoms with Crippen molar-refractivity contribution in [2.75, 3.05) is 0 Å². The van der Waals surface area contributed by atoms with Crippen LogP contribution in [-0.2, 0) is 21.8 Å². The molecule has 0 radical (unpaired) electrons. The number of aryl methyl sites for hydroxylation is 1. The number of rotatable bonds is 5. The van der Waals surface area contributed by atoms with Crippen molar-refractivity contribution in [1.29, 1.82) is 0 Å². The second kappa shape index (κ2) is 7.58. The van der Waals surface area contributed by atoms with Gasteiger partial charge in [-0.15, -0.1) is 0 Å². The van der Waals surface area contributed by atoms with E-state index in [1.165, 1.54) is 0 Å². The molecule has 1 aromatic heterocycles. The molecule has 3 amide bonds. The van der Waals surface area contributed by atoms with Crippen LogP contribution >= 0.6 is 0 Å². The lowest BCUT2D eigenvalue weighted by molar-refractivity contribution is -0.121. The van der Waals surface area contributed by atoms with Crippen LogP contribution in [-0.4, -0.2) is 28.2 Å². The molecule has 3 heterocycles. The van der Waals surface area contributed by atoms with Crippen molar-refractivity contribution in [3.05, 3.63) is 71.4 Å². The van der Waals surface area contributed by atoms with Gasteiger partial charge in [0.2, 0.25) is 0 Å². The predicted molar refractivity (Wildman–Crippen MR) is 123 cm³/mol. The fraction of sp³-hybridized carbons (Fsp3) is 0.280. The van der Waals surface area contributed by atoms with Gasteiger partial charge in [0.1, 0.15) is 12.4 Å². The molecule has 3 aromatic rings. The van der Waals surface area contributed by atoms with Crippen molar-refractivity contribution in [1.82, 2.24) is 15.6 Å². The summed E-state index contributed by atoms with van der Waals surface area (Å²) in [5.74, 6) is 0.302. The first-order valence-electron chi connectivity index (χ1n) is 10.7. The molecule has 33 heavy (non-hydrogen) atoms. The van der Waals surface area contributed by atoms with E-state index in [0.29, 0.717) is 18.7 Å². The smallest absolute Gasteiger partial charge is 0.322 e. The Bertz CT molecular complexity index is 1300. The summed E-state index contributed by atoms with van der Waals surface area (Å²) in [4.78, 5) is 34.1. The van der Waals surface area contributed by atoms with Gasteiger partial charge in [0, 0.05) is 23.1 Å². The molecular weight excluding hydrogens is 420 g/mol. The zero-order valence-corrected chi connectivity index (χ0v) is 18.6. The number of pyridine rings is 1. The first-order valence-corrected chi connectivity index (χ1v) is 10.7. The van der Waals surface area contributed by atoms with E-state index in [0.717, 1.165) is 33.5 Å². The topological polar surface area (TPSA) is 102 Å². The van der Waals surface area contributed by atoms with E-state index in [4.69, 9.17) is 9.57 Å². The van der Waals surface area contributed by atoms with Crippen LogP contribution in [0.1, 0.15) is 37.1 Å². The number of oxime groups is 1. The van der Waals surface area contributed by atoms with Gasteiger partial charge in [-0.1, -0.05) is 35.5 Å². The van der Waals surface area contributed by atoms with Crippen molar-refractivity contribution in [2.24, 2.45) is 5.16 Å². The highest BCUT2D eigenvalue weighted by molar-refractivity contribution is 6.22. The average molecular weight is 444 g/mol. The average Bonchev–Trinajstić information content (AvgIpc) is 3.32. The van der Waals surface area contributed by atoms with Crippen LogP contribution in [0.2, 0.25) is 0 Å². The highest BCUT2D eigenvalue weighted by atomic mass is 16.7. The molecule has 8 nitrogen and oxygen atoms in total. The fourth-order valence-electron chi connectivity index (χ4n) is 4.29. The summed E-state index contributed by atoms with van der Waals surface area (Å²) in [6, 6.07) is 17.2. The minimum absolute atomic E-state index is 0.375. The minimum atomic E-state index is -1.21. The van der Waals surface area contributed by atoms with Crippen molar-refractivity contribution < 1.29 is 19.2 Å². The van der Waals surface area contributed by atoms with Crippen LogP contribution in [0.4, 0.5) is 4.79 Å². The van der Waals surface area contributed by atoms with E-state index in [1.807, 2.05) is 68.4 Å². The van der Waals surface area contributed by atoms with Crippen molar-refractivity contribution in [3.8, 4) is 5.75 Å². The molecule has 0 bridgehead atoms. The van der Waals surface area contributed by atoms with E-state index < -0.39 is 23.1 Å². The third kappa shape index (κ3) is 3.67. The number of aromatic nitrogens is 1. The van der Waals surface area contributed by atoms with E-state index in [1.54, 1.807) is 6.92 Å². The van der Waals surface area contributed by atoms with Gasteiger partial charge in [0.15, 0.2) is 11.1 Å². The Morgan fingerprint density at radius 1 is 1.09 bits per heavy atom. The standard InChI is InChI=1S/C25H24N4O4/c1-15-12-16(19-6-4-5-7-20(19)26-15)14-32-18-10-8-17(9-11-18)24(2)13-21(29-33-24)25(3)22(30)27-23(31)28-25/h4-12H,13-14H2,1-3H3,(H2,27,28,30,31). The maximum Gasteiger partial charge on any atom is 0.322 e. The van der Waals surface area contributed by atoms with E-state index in [2.05, 4.69) is 20.8 Å². The fourth-order valence-corrected chi connectivity index (χ4v) is 4.29. The van der Waals surface area contributed by atoms with Crippen molar-refractivity contribution in [2.45, 2.75) is 44.9 Å². The minimum Gasteiger partial charge on any atom is -0.489 e. The van der Waals surface area contributed by atoms with Crippen LogP contribution < -0.4 is 15.4 Å². The quantitative estimate of drug-likeness (QED) is 0.584. The molecule has 2 aromatic carbocycles. The van der Waals surface area contributed by atoms with Gasteiger partial charge in [-0.2, -0.15) is 0 Å². The Hall–Kier alpha value is -3.94. The van der Waals surface area contributed by atoms with Gasteiger partial charge < -0.3 is 14.9 Å². The number of nitrogens with one attached hydrogen (secondary N) is 2. The van der Waals surface area contributed by atoms with Gasteiger partial charge >= 0.3 is 6.03 Å². The molecule has 1 fully saturated rings. The summed E-state index contributed by atoms with van der Waals surface area (Å²) in [5, 5.41) is 10.1. The lowest BCUT2D eigenvalue weighted by atomic mass is 9.84. The molecule has 2 atom stereocenters. The van der Waals surface area contributed by atoms with Gasteiger partial charge in [0.25, 0.3) is 5.91 Å². The lowest BCUT2D eigenvalue weighted by Gasteiger charge is -2.24. The van der Waals surface area contributed by atoms with Crippen LogP contribution in [0.5, 0.6) is 5.75 Å². The number of fused-ring (bicyclic) bond motifs is 1. The second-order valence-electron chi connectivity index (χ2n) is 8.82. The number of amides is 3. The monoisotopic (exact) mass is 444 g/mol. The largest absolute Gasteiger partial charge is 0.489 e. The first kappa shape index (κ1) is 20.9. The molecule has 0 spiro atoms. The van der Waals surface area contributed by atoms with E-state index in [9.17, 15) is 9.59 Å². The Balaban J connectivity index is 1.29. The summed E-state index contributed by atoms with van der Waals surface area (Å²) >= 11 is 0. The predicted octanol–water partition coefficient (Wildman–Crippen LogP) is 3.71. The number of benzene rings is 2. The third-order valence-corrected chi connectivity index (χ3v) is 6.27. The Labute approximate surface area is 191 Å². The van der Waals surface area contributed by atoms with E-state index in [-0.39, 0.29) is 0 Å². The maximum atomic E-state index is 12.2. The zero-order chi connectivity index (χ0) is 23.2. The lowest BCUT2D eigenvalue weighted by Crippen LogP contribution is -2.51. The number of carbonyl (C=O) groups is 2. The molecule has 2 aliphatic rings. The maximum absolute atomic E-state index is 12.2. The third-order valence-electron chi connectivity index (χ3n) is 6.27. The molecule has 0 aliphatic carbocycles. The van der Waals surface area contributed by atoms with Crippen molar-refractivity contribution >= 4 is 28.6 Å². The molecule has 5 rings (SSSR count). The van der Waals surface area contributed by atoms with E-state index >= 15 is 0 Å². The second-order valence-corrected chi connectivity index (χ2v) is 8.82. The Morgan fingerprint density at radius 3 is 2.58 bits per heavy atom. The molecule has 8 heteroatoms. The highest BCUT2D eigenvalue weighted by Gasteiger charge is 2.51. The van der Waals surface area contributed by atoms with Gasteiger partial charge in [-0.3, -0.25) is 15.1 Å². The molecule has 2 N–H and O–H groups in total. The zero-order valence-electron chi connectivity index (χ0n) is 18.6. The summed E-state index contributed by atoms with van der Waals surface area (Å²) in [5.41, 5.74) is 2.41. The van der Waals surface area contributed by atoms with Crippen LogP contribution in [0.25, 0.3) is 10.9 Å². The van der Waals surface area contributed by atoms with Gasteiger partial charge in [0.05, 0.1) is 11.2 Å². The Kier molecular flexibility index (Phi) is 4.81. The van der Waals surface area contributed by atoms with Crippen LogP contribution in [0, 0.1) is 6.92 Å². The van der Waals surface area contributed by atoms with Crippen LogP contribution in [0.15, 0.2) is 59.8 Å². The molecule has 2 unspecified atom stereocenters. The summed E-state index contributed by atoms with van der Waals surface area (Å²) in [7, 11) is 0. The number of para-hydroxylation sites is 1. The summed E-state index contributed by atoms with van der Waals surface area (Å²) < 4.78 is 6.05. The first-order chi connectivity index (χ1) is 15.8. The summed E-state index contributed by atoms with van der Waals surface area (Å²) in [6.07, 6.45) is 0.375. The number of carbonyl (C=O) groups excluding carboxylic acids is 2. The van der Waals surface area contributed by atoms with Crippen LogP contribution in [0.3, 0.4) is 0 Å². The number of ether oxygens (including phenoxy) is 1. The molecule has 168 valence electrons. The molecule has 0 saturated carbocycles. The molecule has 2 aliphatic heterocycles. The van der Waals surface area contributed by atoms with Gasteiger partial charge in [-0.25, -0.2) is 4.79 Å². The number of hydrogen-bond acceptors (Lipinski definition) is 6. The number of nitrogens with zero attached hydrogens (tertiary/aromatic N) is 2. The Morgan fingerprint density at radius 2 is 1.85 bits per heavy atom. The number of imide groups is 1. The molecule has 1 saturated heterocycles. The molecular formula is C25H24N4O4.